The third-order valence-electron chi connectivity index (χ3n) is 0.994. The lowest BCUT2D eigenvalue weighted by Crippen LogP contribution is -1.94. The highest BCUT2D eigenvalue weighted by atomic mass is 28.1. The minimum atomic E-state index is 0.670. The Morgan fingerprint density at radius 1 is 1.38 bits per heavy atom. The first-order valence-corrected chi connectivity index (χ1v) is 3.85. The van der Waals surface area contributed by atoms with Crippen molar-refractivity contribution in [1.82, 2.24) is 0 Å². The van der Waals surface area contributed by atoms with Gasteiger partial charge in [-0.1, -0.05) is 19.8 Å². The van der Waals surface area contributed by atoms with E-state index in [9.17, 15) is 0 Å². The first-order chi connectivity index (χ1) is 3.91. The summed E-state index contributed by atoms with van der Waals surface area (Å²) in [6.45, 7) is 3.09. The Bertz CT molecular complexity index is 33.5. The molecule has 1 nitrogen and oxygen atoms in total. The lowest BCUT2D eigenvalue weighted by molar-refractivity contribution is 0.173. The molecule has 0 aromatic heterocycles. The maximum atomic E-state index is 5.05. The second kappa shape index (κ2) is 7.18. The zero-order valence-electron chi connectivity index (χ0n) is 5.44. The van der Waals surface area contributed by atoms with Crippen molar-refractivity contribution in [3.63, 3.8) is 0 Å². The van der Waals surface area contributed by atoms with Crippen LogP contribution in [0.5, 0.6) is 0 Å². The van der Waals surface area contributed by atoms with Crippen LogP contribution in [0.4, 0.5) is 0 Å². The summed E-state index contributed by atoms with van der Waals surface area (Å²) < 4.78 is 5.05. The van der Waals surface area contributed by atoms with Gasteiger partial charge in [-0.05, 0) is 6.42 Å². The fraction of sp³-hybridized carbons (Fsp3) is 1.00. The molecule has 0 unspecified atom stereocenters. The minimum Gasteiger partial charge on any atom is -0.386 e. The van der Waals surface area contributed by atoms with Gasteiger partial charge < -0.3 is 4.74 Å². The van der Waals surface area contributed by atoms with Gasteiger partial charge in [-0.25, -0.2) is 0 Å². The van der Waals surface area contributed by atoms with E-state index in [1.165, 1.54) is 19.3 Å². The van der Waals surface area contributed by atoms with E-state index in [0.717, 1.165) is 6.61 Å². The average Bonchev–Trinajstić information content (AvgIpc) is 1.81. The summed E-state index contributed by atoms with van der Waals surface area (Å²) in [5.74, 6) is 0. The number of unbranched alkanes of at least 4 members (excludes halogenated alkanes) is 2. The topological polar surface area (TPSA) is 9.23 Å². The number of hydrogen-bond donors (Lipinski definition) is 0. The Morgan fingerprint density at radius 2 is 2.12 bits per heavy atom. The molecular formula is C6H13OSi. The van der Waals surface area contributed by atoms with Crippen molar-refractivity contribution in [1.29, 1.82) is 0 Å². The molecule has 3 radical (unpaired) electrons. The largest absolute Gasteiger partial charge is 0.386 e. The van der Waals surface area contributed by atoms with Gasteiger partial charge in [-0.2, -0.15) is 0 Å². The Hall–Kier alpha value is 0.177. The second-order valence-electron chi connectivity index (χ2n) is 1.76. The molecule has 0 rings (SSSR count). The van der Waals surface area contributed by atoms with Crippen molar-refractivity contribution in [2.24, 2.45) is 0 Å². The normalized spacial score (nSPS) is 9.75. The Labute approximate surface area is 54.8 Å². The lowest BCUT2D eigenvalue weighted by Gasteiger charge is -1.96. The van der Waals surface area contributed by atoms with Gasteiger partial charge in [-0.3, -0.25) is 0 Å². The van der Waals surface area contributed by atoms with Gasteiger partial charge in [0.15, 0.2) is 0 Å². The summed E-state index contributed by atoms with van der Waals surface area (Å²) in [7, 11) is 3.22. The van der Waals surface area contributed by atoms with Gasteiger partial charge in [-0.15, -0.1) is 0 Å². The van der Waals surface area contributed by atoms with Gasteiger partial charge in [0.2, 0.25) is 0 Å². The predicted molar refractivity (Wildman–Crippen MR) is 36.1 cm³/mol. The van der Waals surface area contributed by atoms with E-state index in [1.807, 2.05) is 0 Å². The summed E-state index contributed by atoms with van der Waals surface area (Å²) in [6.07, 6.45) is 4.42. The van der Waals surface area contributed by atoms with Gasteiger partial charge >= 0.3 is 0 Å². The van der Waals surface area contributed by atoms with Crippen molar-refractivity contribution in [2.75, 3.05) is 12.8 Å². The highest BCUT2D eigenvalue weighted by molar-refractivity contribution is 6.08. The molecule has 0 saturated carbocycles. The molecule has 0 aliphatic heterocycles. The third kappa shape index (κ3) is 6.18. The number of ether oxygens (including phenoxy) is 1. The van der Waals surface area contributed by atoms with Crippen LogP contribution in [0.25, 0.3) is 0 Å². The molecule has 0 amide bonds. The maximum absolute atomic E-state index is 5.05. The second-order valence-corrected chi connectivity index (χ2v) is 2.05. The highest BCUT2D eigenvalue weighted by Gasteiger charge is 1.82. The van der Waals surface area contributed by atoms with Crippen LogP contribution in [0.1, 0.15) is 26.2 Å². The molecule has 47 valence electrons. The van der Waals surface area contributed by atoms with Crippen molar-refractivity contribution in [2.45, 2.75) is 26.2 Å². The van der Waals surface area contributed by atoms with Gasteiger partial charge in [0.05, 0.1) is 10.2 Å². The van der Waals surface area contributed by atoms with Gasteiger partial charge in [0.25, 0.3) is 0 Å². The van der Waals surface area contributed by atoms with Gasteiger partial charge in [0.1, 0.15) is 0 Å². The van der Waals surface area contributed by atoms with Crippen molar-refractivity contribution < 1.29 is 4.74 Å². The van der Waals surface area contributed by atoms with E-state index in [0.29, 0.717) is 6.23 Å². The molecule has 0 N–H and O–H groups in total. The summed E-state index contributed by atoms with van der Waals surface area (Å²) in [4.78, 5) is 0. The molecule has 0 spiro atoms. The summed E-state index contributed by atoms with van der Waals surface area (Å²) in [6, 6.07) is 0. The predicted octanol–water partition coefficient (Wildman–Crippen LogP) is 1.32. The van der Waals surface area contributed by atoms with Crippen molar-refractivity contribution in [3.05, 3.63) is 0 Å². The molecule has 0 aromatic carbocycles. The first kappa shape index (κ1) is 8.18. The molecule has 0 atom stereocenters. The van der Waals surface area contributed by atoms with Crippen molar-refractivity contribution >= 4 is 10.2 Å². The third-order valence-corrected chi connectivity index (χ3v) is 1.20. The average molecular weight is 129 g/mol. The zero-order chi connectivity index (χ0) is 6.24. The number of rotatable bonds is 5. The molecular weight excluding hydrogens is 116 g/mol. The summed E-state index contributed by atoms with van der Waals surface area (Å²) >= 11 is 0. The van der Waals surface area contributed by atoms with Crippen LogP contribution in [0.3, 0.4) is 0 Å². The highest BCUT2D eigenvalue weighted by Crippen LogP contribution is 1.92. The molecule has 0 aliphatic rings. The van der Waals surface area contributed by atoms with Gasteiger partial charge in [0, 0.05) is 12.8 Å². The fourth-order valence-corrected chi connectivity index (χ4v) is 0.671. The van der Waals surface area contributed by atoms with Crippen LogP contribution in [0, 0.1) is 0 Å². The van der Waals surface area contributed by atoms with Crippen LogP contribution >= 0.6 is 0 Å². The molecule has 0 aromatic rings. The van der Waals surface area contributed by atoms with Crippen molar-refractivity contribution in [3.8, 4) is 0 Å². The monoisotopic (exact) mass is 129 g/mol. The fourth-order valence-electron chi connectivity index (χ4n) is 0.526. The minimum absolute atomic E-state index is 0.670. The van der Waals surface area contributed by atoms with E-state index < -0.39 is 0 Å². The molecule has 0 aliphatic carbocycles. The molecule has 2 heteroatoms. The van der Waals surface area contributed by atoms with Crippen LogP contribution in [-0.2, 0) is 4.74 Å². The standard InChI is InChI=1S/C6H13OSi/c1-2-3-4-5-7-6-8/h2-6H2,1H3. The van der Waals surface area contributed by atoms with E-state index in [4.69, 9.17) is 4.74 Å². The lowest BCUT2D eigenvalue weighted by atomic mass is 10.3. The Kier molecular flexibility index (Phi) is 7.34. The van der Waals surface area contributed by atoms with Crippen LogP contribution < -0.4 is 0 Å². The van der Waals surface area contributed by atoms with E-state index in [1.54, 1.807) is 0 Å². The smallest absolute Gasteiger partial charge is 0.0609 e. The summed E-state index contributed by atoms with van der Waals surface area (Å²) in [5.41, 5.74) is 0. The Morgan fingerprint density at radius 3 is 2.62 bits per heavy atom. The van der Waals surface area contributed by atoms with Crippen LogP contribution in [0.2, 0.25) is 0 Å². The van der Waals surface area contributed by atoms with E-state index in [-0.39, 0.29) is 0 Å². The SMILES string of the molecule is CCCCCOC[Si]. The van der Waals surface area contributed by atoms with Crippen LogP contribution in [0.15, 0.2) is 0 Å². The van der Waals surface area contributed by atoms with E-state index >= 15 is 0 Å². The molecule has 0 bridgehead atoms. The summed E-state index contributed by atoms with van der Waals surface area (Å²) in [5, 5.41) is 0. The zero-order valence-corrected chi connectivity index (χ0v) is 6.44. The van der Waals surface area contributed by atoms with E-state index in [2.05, 4.69) is 17.2 Å². The molecule has 8 heavy (non-hydrogen) atoms. The maximum Gasteiger partial charge on any atom is 0.0609 e. The molecule has 0 heterocycles. The Balaban J connectivity index is 2.53. The molecule has 0 saturated heterocycles. The number of hydrogen-bond acceptors (Lipinski definition) is 1. The van der Waals surface area contributed by atoms with Crippen LogP contribution in [-0.4, -0.2) is 23.1 Å². The first-order valence-electron chi connectivity index (χ1n) is 3.14. The molecule has 0 fully saturated rings. The quantitative estimate of drug-likeness (QED) is 0.402.